The maximum absolute atomic E-state index is 12.3. The summed E-state index contributed by atoms with van der Waals surface area (Å²) in [4.78, 5) is 26.2. The highest BCUT2D eigenvalue weighted by atomic mass is 32.2. The van der Waals surface area contributed by atoms with Crippen LogP contribution < -0.4 is 5.32 Å². The first-order valence-electron chi connectivity index (χ1n) is 6.88. The minimum Gasteiger partial charge on any atom is -0.324 e. The molecule has 1 unspecified atom stereocenters. The number of hydrogen-bond donors (Lipinski definition) is 1. The van der Waals surface area contributed by atoms with E-state index in [1.165, 1.54) is 0 Å². The van der Waals surface area contributed by atoms with E-state index < -0.39 is 6.04 Å². The Balaban J connectivity index is 1.66. The molecule has 1 atom stereocenters. The summed E-state index contributed by atoms with van der Waals surface area (Å²) in [5, 5.41) is 11.6. The molecule has 1 aromatic rings. The Morgan fingerprint density at radius 2 is 2.00 bits per heavy atom. The number of thioether (sulfide) groups is 1. The average molecular weight is 301 g/mol. The molecule has 0 radical (unpaired) electrons. The molecule has 2 amide bonds. The first-order valence-corrected chi connectivity index (χ1v) is 8.04. The van der Waals surface area contributed by atoms with Crippen LogP contribution in [0.1, 0.15) is 18.4 Å². The topological polar surface area (TPSA) is 73.2 Å². The summed E-state index contributed by atoms with van der Waals surface area (Å²) >= 11 is 1.61. The normalized spacial score (nSPS) is 20.9. The molecule has 21 heavy (non-hydrogen) atoms. The first-order chi connectivity index (χ1) is 10.2. The van der Waals surface area contributed by atoms with Gasteiger partial charge < -0.3 is 10.2 Å². The van der Waals surface area contributed by atoms with Crippen LogP contribution in [-0.4, -0.2) is 34.4 Å². The summed E-state index contributed by atoms with van der Waals surface area (Å²) < 4.78 is 0. The number of benzene rings is 1. The number of amides is 2. The Kier molecular flexibility index (Phi) is 3.84. The van der Waals surface area contributed by atoms with Crippen molar-refractivity contribution in [3.8, 4) is 6.07 Å². The molecule has 1 aromatic carbocycles. The molecule has 1 saturated heterocycles. The van der Waals surface area contributed by atoms with E-state index in [4.69, 9.17) is 5.26 Å². The Morgan fingerprint density at radius 1 is 1.29 bits per heavy atom. The second-order valence-electron chi connectivity index (χ2n) is 5.28. The third-order valence-electron chi connectivity index (χ3n) is 3.68. The van der Waals surface area contributed by atoms with Crippen molar-refractivity contribution in [2.75, 3.05) is 16.9 Å². The number of nitriles is 1. The van der Waals surface area contributed by atoms with Crippen LogP contribution in [0, 0.1) is 17.2 Å². The van der Waals surface area contributed by atoms with Crippen molar-refractivity contribution in [3.05, 3.63) is 29.8 Å². The molecule has 6 heteroatoms. The molecule has 2 fully saturated rings. The van der Waals surface area contributed by atoms with E-state index in [0.717, 1.165) is 12.8 Å². The second kappa shape index (κ2) is 5.78. The van der Waals surface area contributed by atoms with Crippen molar-refractivity contribution in [3.63, 3.8) is 0 Å². The Morgan fingerprint density at radius 3 is 2.62 bits per heavy atom. The minimum absolute atomic E-state index is 0.111. The van der Waals surface area contributed by atoms with Gasteiger partial charge in [0, 0.05) is 17.4 Å². The van der Waals surface area contributed by atoms with Gasteiger partial charge in [0.05, 0.1) is 17.5 Å². The highest BCUT2D eigenvalue weighted by Gasteiger charge is 2.41. The van der Waals surface area contributed by atoms with Gasteiger partial charge in [-0.2, -0.15) is 5.26 Å². The Hall–Kier alpha value is -2.00. The van der Waals surface area contributed by atoms with Gasteiger partial charge in [0.2, 0.25) is 11.8 Å². The van der Waals surface area contributed by atoms with Crippen LogP contribution in [0.5, 0.6) is 0 Å². The number of hydrogen-bond acceptors (Lipinski definition) is 4. The molecule has 0 bridgehead atoms. The molecule has 5 nitrogen and oxygen atoms in total. The summed E-state index contributed by atoms with van der Waals surface area (Å²) in [5.74, 6) is 1.33. The summed E-state index contributed by atoms with van der Waals surface area (Å²) in [6.07, 6.45) is 1.90. The molecular formula is C15H15N3O2S. The molecule has 108 valence electrons. The lowest BCUT2D eigenvalue weighted by atomic mass is 10.2. The van der Waals surface area contributed by atoms with Gasteiger partial charge in [0.15, 0.2) is 0 Å². The molecule has 3 rings (SSSR count). The van der Waals surface area contributed by atoms with Gasteiger partial charge in [0.1, 0.15) is 6.04 Å². The van der Waals surface area contributed by atoms with Crippen molar-refractivity contribution in [2.45, 2.75) is 18.9 Å². The van der Waals surface area contributed by atoms with E-state index in [1.807, 2.05) is 6.07 Å². The predicted molar refractivity (Wildman–Crippen MR) is 80.5 cm³/mol. The summed E-state index contributed by atoms with van der Waals surface area (Å²) in [6.45, 7) is 0. The SMILES string of the molecule is N#Cc1ccc(NC(=O)C2CSCN2C(=O)C2CC2)cc1. The van der Waals surface area contributed by atoms with Crippen LogP contribution in [0.2, 0.25) is 0 Å². The lowest BCUT2D eigenvalue weighted by Gasteiger charge is -2.23. The Bertz CT molecular complexity index is 604. The summed E-state index contributed by atoms with van der Waals surface area (Å²) in [7, 11) is 0. The predicted octanol–water partition coefficient (Wildman–Crippen LogP) is 1.81. The maximum Gasteiger partial charge on any atom is 0.248 e. The van der Waals surface area contributed by atoms with Gasteiger partial charge in [-0.3, -0.25) is 9.59 Å². The molecule has 1 N–H and O–H groups in total. The smallest absolute Gasteiger partial charge is 0.248 e. The van der Waals surface area contributed by atoms with Crippen LogP contribution >= 0.6 is 11.8 Å². The minimum atomic E-state index is -0.390. The zero-order valence-electron chi connectivity index (χ0n) is 11.4. The zero-order valence-corrected chi connectivity index (χ0v) is 12.2. The standard InChI is InChI=1S/C15H15N3O2S/c16-7-10-1-5-12(6-2-10)17-14(19)13-8-21-9-18(13)15(20)11-3-4-11/h1-2,5-6,11,13H,3-4,8-9H2,(H,17,19). The molecule has 0 aromatic heterocycles. The largest absolute Gasteiger partial charge is 0.324 e. The van der Waals surface area contributed by atoms with Crippen molar-refractivity contribution in [1.82, 2.24) is 4.90 Å². The number of nitrogens with one attached hydrogen (secondary N) is 1. The molecule has 1 aliphatic heterocycles. The maximum atomic E-state index is 12.3. The van der Waals surface area contributed by atoms with Crippen molar-refractivity contribution < 1.29 is 9.59 Å². The van der Waals surface area contributed by atoms with Gasteiger partial charge in [-0.25, -0.2) is 0 Å². The lowest BCUT2D eigenvalue weighted by Crippen LogP contribution is -2.45. The molecule has 1 saturated carbocycles. The molecular weight excluding hydrogens is 286 g/mol. The third-order valence-corrected chi connectivity index (χ3v) is 4.69. The van der Waals surface area contributed by atoms with Crippen molar-refractivity contribution in [1.29, 1.82) is 5.26 Å². The fraction of sp³-hybridized carbons (Fsp3) is 0.400. The van der Waals surface area contributed by atoms with E-state index in [1.54, 1.807) is 40.9 Å². The van der Waals surface area contributed by atoms with Crippen LogP contribution in [-0.2, 0) is 9.59 Å². The number of nitrogens with zero attached hydrogens (tertiary/aromatic N) is 2. The van der Waals surface area contributed by atoms with E-state index in [-0.39, 0.29) is 17.7 Å². The van der Waals surface area contributed by atoms with Gasteiger partial charge in [-0.1, -0.05) is 0 Å². The molecule has 0 spiro atoms. The number of carbonyl (C=O) groups excluding carboxylic acids is 2. The van der Waals surface area contributed by atoms with Gasteiger partial charge in [-0.15, -0.1) is 11.8 Å². The fourth-order valence-electron chi connectivity index (χ4n) is 2.30. The molecule has 1 aliphatic carbocycles. The highest BCUT2D eigenvalue weighted by Crippen LogP contribution is 2.34. The fourth-order valence-corrected chi connectivity index (χ4v) is 3.46. The molecule has 1 heterocycles. The summed E-state index contributed by atoms with van der Waals surface area (Å²) in [6, 6.07) is 8.36. The van der Waals surface area contributed by atoms with E-state index in [2.05, 4.69) is 5.32 Å². The van der Waals surface area contributed by atoms with Crippen LogP contribution in [0.25, 0.3) is 0 Å². The number of anilines is 1. The van der Waals surface area contributed by atoms with E-state index in [0.29, 0.717) is 22.9 Å². The molecule has 2 aliphatic rings. The van der Waals surface area contributed by atoms with E-state index >= 15 is 0 Å². The quantitative estimate of drug-likeness (QED) is 0.924. The van der Waals surface area contributed by atoms with Crippen molar-refractivity contribution in [2.24, 2.45) is 5.92 Å². The van der Waals surface area contributed by atoms with Crippen LogP contribution in [0.3, 0.4) is 0 Å². The number of carbonyl (C=O) groups is 2. The highest BCUT2D eigenvalue weighted by molar-refractivity contribution is 7.99. The summed E-state index contributed by atoms with van der Waals surface area (Å²) in [5.41, 5.74) is 1.20. The lowest BCUT2D eigenvalue weighted by molar-refractivity contribution is -0.137. The third kappa shape index (κ3) is 3.03. The van der Waals surface area contributed by atoms with Gasteiger partial charge in [0.25, 0.3) is 0 Å². The Labute approximate surface area is 127 Å². The van der Waals surface area contributed by atoms with E-state index in [9.17, 15) is 9.59 Å². The first kappa shape index (κ1) is 14.0. The second-order valence-corrected chi connectivity index (χ2v) is 6.28. The van der Waals surface area contributed by atoms with Gasteiger partial charge >= 0.3 is 0 Å². The van der Waals surface area contributed by atoms with Crippen molar-refractivity contribution >= 4 is 29.3 Å². The monoisotopic (exact) mass is 301 g/mol. The zero-order chi connectivity index (χ0) is 14.8. The van der Waals surface area contributed by atoms with Crippen LogP contribution in [0.15, 0.2) is 24.3 Å². The van der Waals surface area contributed by atoms with Gasteiger partial charge in [-0.05, 0) is 37.1 Å². The number of rotatable bonds is 3. The average Bonchev–Trinajstić information content (AvgIpc) is 3.23. The van der Waals surface area contributed by atoms with Crippen LogP contribution in [0.4, 0.5) is 5.69 Å².